The number of nitrogens with zero attached hydrogens (tertiary/aromatic N) is 2. The first kappa shape index (κ1) is 23.0. The lowest BCUT2D eigenvalue weighted by Gasteiger charge is -2.30. The van der Waals surface area contributed by atoms with E-state index in [1.165, 1.54) is 27.8 Å². The summed E-state index contributed by atoms with van der Waals surface area (Å²) in [5.41, 5.74) is 9.68. The number of hydroxylamine groups is 1. The average Bonchev–Trinajstić information content (AvgIpc) is 2.98. The maximum Gasteiger partial charge on any atom is 0.243 e. The summed E-state index contributed by atoms with van der Waals surface area (Å²) in [7, 11) is 0. The number of carbonyl (C=O) groups excluding carboxylic acids is 1. The van der Waals surface area contributed by atoms with Crippen molar-refractivity contribution in [3.63, 3.8) is 0 Å². The van der Waals surface area contributed by atoms with Gasteiger partial charge in [0, 0.05) is 36.3 Å². The van der Waals surface area contributed by atoms with Gasteiger partial charge in [0.25, 0.3) is 0 Å². The fraction of sp³-hybridized carbons (Fsp3) is 0.462. The highest BCUT2D eigenvalue weighted by Crippen LogP contribution is 2.38. The quantitative estimate of drug-likeness (QED) is 0.344. The Balaban J connectivity index is 1.41. The number of halogens is 1. The van der Waals surface area contributed by atoms with Gasteiger partial charge in [0.05, 0.1) is 5.69 Å². The van der Waals surface area contributed by atoms with Crippen molar-refractivity contribution < 1.29 is 10.0 Å². The normalized spacial score (nSPS) is 16.3. The lowest BCUT2D eigenvalue weighted by atomic mass is 9.88. The highest BCUT2D eigenvalue weighted by molar-refractivity contribution is 6.30. The molecule has 2 N–H and O–H groups in total. The van der Waals surface area contributed by atoms with E-state index in [1.54, 1.807) is 5.48 Å². The second-order valence-corrected chi connectivity index (χ2v) is 9.27. The first-order chi connectivity index (χ1) is 15.7. The molecule has 5 nitrogen and oxygen atoms in total. The number of nitrogens with one attached hydrogen (secondary N) is 1. The summed E-state index contributed by atoms with van der Waals surface area (Å²) in [4.78, 5) is 18.4. The second-order valence-electron chi connectivity index (χ2n) is 8.83. The number of aromatic nitrogens is 1. The largest absolute Gasteiger partial charge is 0.303 e. The molecule has 0 saturated carbocycles. The standard InChI is InChI=1S/C26H32ClN3O2/c27-22-10-11-23-21(18-22)9-8-20-6-5-14-28-26(20)25(23)19-12-16-30(17-13-19)15-4-2-1-3-7-24(31)29-32/h5-6,10-11,14,18,32H,1-4,7-9,12-13,15-17H2,(H,29,31). The minimum Gasteiger partial charge on any atom is -0.303 e. The van der Waals surface area contributed by atoms with Crippen LogP contribution in [0.15, 0.2) is 42.1 Å². The van der Waals surface area contributed by atoms with Crippen molar-refractivity contribution in [3.05, 3.63) is 69.5 Å². The van der Waals surface area contributed by atoms with Gasteiger partial charge >= 0.3 is 0 Å². The topological polar surface area (TPSA) is 65.5 Å². The van der Waals surface area contributed by atoms with Crippen LogP contribution in [0.2, 0.25) is 5.02 Å². The predicted octanol–water partition coefficient (Wildman–Crippen LogP) is 5.19. The molecule has 4 rings (SSSR count). The van der Waals surface area contributed by atoms with Gasteiger partial charge in [-0.15, -0.1) is 0 Å². The van der Waals surface area contributed by atoms with Crippen LogP contribution < -0.4 is 5.48 Å². The Bertz CT molecular complexity index is 979. The Hall–Kier alpha value is -2.21. The van der Waals surface area contributed by atoms with E-state index < -0.39 is 0 Å². The zero-order chi connectivity index (χ0) is 22.3. The highest BCUT2D eigenvalue weighted by atomic mass is 35.5. The molecule has 1 aromatic carbocycles. The Morgan fingerprint density at radius 1 is 1.03 bits per heavy atom. The molecule has 6 heteroatoms. The lowest BCUT2D eigenvalue weighted by Crippen LogP contribution is -2.32. The summed E-state index contributed by atoms with van der Waals surface area (Å²) in [6.07, 6.45) is 10.6. The number of aryl methyl sites for hydroxylation is 2. The third kappa shape index (κ3) is 5.58. The van der Waals surface area contributed by atoms with Crippen LogP contribution in [-0.4, -0.2) is 40.6 Å². The number of amides is 1. The molecule has 1 fully saturated rings. The zero-order valence-corrected chi connectivity index (χ0v) is 19.3. The van der Waals surface area contributed by atoms with Crippen molar-refractivity contribution in [1.82, 2.24) is 15.4 Å². The summed E-state index contributed by atoms with van der Waals surface area (Å²) in [6, 6.07) is 10.6. The maximum atomic E-state index is 11.1. The minimum absolute atomic E-state index is 0.292. The molecular formula is C26H32ClN3O2. The van der Waals surface area contributed by atoms with E-state index in [0.717, 1.165) is 81.7 Å². The number of unbranched alkanes of at least 4 members (excludes halogenated alkanes) is 3. The summed E-state index contributed by atoms with van der Waals surface area (Å²) >= 11 is 6.33. The van der Waals surface area contributed by atoms with Gasteiger partial charge in [-0.1, -0.05) is 42.1 Å². The van der Waals surface area contributed by atoms with Crippen molar-refractivity contribution in [2.75, 3.05) is 19.6 Å². The summed E-state index contributed by atoms with van der Waals surface area (Å²) in [6.45, 7) is 3.27. The zero-order valence-electron chi connectivity index (χ0n) is 18.6. The molecule has 32 heavy (non-hydrogen) atoms. The predicted molar refractivity (Wildman–Crippen MR) is 128 cm³/mol. The van der Waals surface area contributed by atoms with Crippen LogP contribution in [0.25, 0.3) is 5.57 Å². The molecule has 0 bridgehead atoms. The highest BCUT2D eigenvalue weighted by Gasteiger charge is 2.25. The molecule has 1 saturated heterocycles. The van der Waals surface area contributed by atoms with Crippen LogP contribution in [0.4, 0.5) is 0 Å². The van der Waals surface area contributed by atoms with E-state index in [2.05, 4.69) is 23.1 Å². The lowest BCUT2D eigenvalue weighted by molar-refractivity contribution is -0.129. The number of fused-ring (bicyclic) bond motifs is 2. The maximum absolute atomic E-state index is 11.1. The molecule has 0 atom stereocenters. The van der Waals surface area contributed by atoms with Crippen LogP contribution in [-0.2, 0) is 17.6 Å². The molecule has 1 amide bonds. The first-order valence-corrected chi connectivity index (χ1v) is 12.1. The third-order valence-electron chi connectivity index (χ3n) is 6.69. The number of rotatable bonds is 7. The fourth-order valence-electron chi connectivity index (χ4n) is 4.96. The molecule has 1 aliphatic heterocycles. The van der Waals surface area contributed by atoms with E-state index in [0.29, 0.717) is 6.42 Å². The average molecular weight is 454 g/mol. The number of likely N-dealkylation sites (tertiary alicyclic amines) is 1. The Kier molecular flexibility index (Phi) is 7.95. The van der Waals surface area contributed by atoms with Crippen molar-refractivity contribution in [2.24, 2.45) is 0 Å². The van der Waals surface area contributed by atoms with Crippen LogP contribution in [0.3, 0.4) is 0 Å². The van der Waals surface area contributed by atoms with Gasteiger partial charge in [-0.2, -0.15) is 0 Å². The molecule has 2 aliphatic rings. The second kappa shape index (κ2) is 11.1. The van der Waals surface area contributed by atoms with Crippen LogP contribution in [0.5, 0.6) is 0 Å². The number of benzene rings is 1. The molecule has 1 aromatic heterocycles. The van der Waals surface area contributed by atoms with Gasteiger partial charge in [-0.25, -0.2) is 5.48 Å². The minimum atomic E-state index is -0.292. The molecule has 170 valence electrons. The number of hydrogen-bond donors (Lipinski definition) is 2. The van der Waals surface area contributed by atoms with E-state index in [4.69, 9.17) is 21.8 Å². The molecule has 0 unspecified atom stereocenters. The van der Waals surface area contributed by atoms with Gasteiger partial charge in [-0.05, 0) is 80.0 Å². The van der Waals surface area contributed by atoms with Gasteiger partial charge in [0.2, 0.25) is 5.91 Å². The number of carbonyl (C=O) groups is 1. The smallest absolute Gasteiger partial charge is 0.243 e. The van der Waals surface area contributed by atoms with Crippen LogP contribution in [0, 0.1) is 0 Å². The van der Waals surface area contributed by atoms with Crippen LogP contribution >= 0.6 is 11.6 Å². The summed E-state index contributed by atoms with van der Waals surface area (Å²) < 4.78 is 0. The van der Waals surface area contributed by atoms with Crippen molar-refractivity contribution >= 4 is 23.1 Å². The summed E-state index contributed by atoms with van der Waals surface area (Å²) in [5, 5.41) is 9.34. The van der Waals surface area contributed by atoms with Crippen molar-refractivity contribution in [1.29, 1.82) is 0 Å². The molecule has 2 heterocycles. The van der Waals surface area contributed by atoms with Gasteiger partial charge in [-0.3, -0.25) is 15.0 Å². The van der Waals surface area contributed by atoms with E-state index in [1.807, 2.05) is 18.3 Å². The summed E-state index contributed by atoms with van der Waals surface area (Å²) in [5.74, 6) is -0.292. The number of pyridine rings is 1. The molecule has 2 aromatic rings. The molecule has 1 aliphatic carbocycles. The molecule has 0 spiro atoms. The van der Waals surface area contributed by atoms with E-state index in [9.17, 15) is 4.79 Å². The Morgan fingerprint density at radius 2 is 1.81 bits per heavy atom. The van der Waals surface area contributed by atoms with Gasteiger partial charge in [0.1, 0.15) is 0 Å². The first-order valence-electron chi connectivity index (χ1n) is 11.8. The Morgan fingerprint density at radius 3 is 2.62 bits per heavy atom. The van der Waals surface area contributed by atoms with E-state index >= 15 is 0 Å². The number of hydrogen-bond acceptors (Lipinski definition) is 4. The van der Waals surface area contributed by atoms with Crippen molar-refractivity contribution in [3.8, 4) is 0 Å². The van der Waals surface area contributed by atoms with Crippen molar-refractivity contribution in [2.45, 2.75) is 57.8 Å². The SMILES string of the molecule is O=C(CCCCCCN1CCC(=C2c3ccc(Cl)cc3CCc3cccnc32)CC1)NO. The fourth-order valence-corrected chi connectivity index (χ4v) is 5.15. The van der Waals surface area contributed by atoms with E-state index in [-0.39, 0.29) is 5.91 Å². The Labute approximate surface area is 195 Å². The monoisotopic (exact) mass is 453 g/mol. The van der Waals surface area contributed by atoms with Crippen LogP contribution in [0.1, 0.15) is 67.3 Å². The molecular weight excluding hydrogens is 422 g/mol. The molecule has 0 radical (unpaired) electrons. The number of piperidine rings is 1. The third-order valence-corrected chi connectivity index (χ3v) is 6.93. The van der Waals surface area contributed by atoms with Gasteiger partial charge in [0.15, 0.2) is 0 Å². The van der Waals surface area contributed by atoms with Gasteiger partial charge < -0.3 is 4.90 Å².